The second kappa shape index (κ2) is 5.75. The first-order valence-electron chi connectivity index (χ1n) is 6.40. The number of piperidine rings is 1. The van der Waals surface area contributed by atoms with Crippen molar-refractivity contribution < 1.29 is 0 Å². The summed E-state index contributed by atoms with van der Waals surface area (Å²) in [5.74, 6) is 0.852. The van der Waals surface area contributed by atoms with Gasteiger partial charge in [0.25, 0.3) is 0 Å². The Labute approximate surface area is 89.9 Å². The summed E-state index contributed by atoms with van der Waals surface area (Å²) in [6, 6.07) is 1.66. The third kappa shape index (κ3) is 3.27. The van der Waals surface area contributed by atoms with Crippen molar-refractivity contribution in [2.75, 3.05) is 6.54 Å². The fourth-order valence-corrected chi connectivity index (χ4v) is 2.63. The number of hydrogen-bond acceptors (Lipinski definition) is 1. The van der Waals surface area contributed by atoms with Crippen LogP contribution >= 0.6 is 0 Å². The van der Waals surface area contributed by atoms with E-state index in [0.29, 0.717) is 0 Å². The Kier molecular flexibility index (Phi) is 4.94. The maximum absolute atomic E-state index is 2.75. The largest absolute Gasteiger partial charge is 0.298 e. The van der Waals surface area contributed by atoms with Crippen LogP contribution in [-0.4, -0.2) is 23.5 Å². The lowest BCUT2D eigenvalue weighted by Gasteiger charge is -2.40. The van der Waals surface area contributed by atoms with Crippen molar-refractivity contribution in [3.63, 3.8) is 0 Å². The van der Waals surface area contributed by atoms with Crippen LogP contribution in [0.2, 0.25) is 0 Å². The van der Waals surface area contributed by atoms with Crippen LogP contribution in [0.1, 0.15) is 59.8 Å². The van der Waals surface area contributed by atoms with Crippen LogP contribution in [0.4, 0.5) is 0 Å². The molecule has 1 fully saturated rings. The normalized spacial score (nSPS) is 26.8. The van der Waals surface area contributed by atoms with E-state index in [0.717, 1.165) is 18.0 Å². The molecule has 1 heterocycles. The summed E-state index contributed by atoms with van der Waals surface area (Å²) in [6.07, 6.45) is 6.99. The molecule has 0 aliphatic carbocycles. The molecule has 0 aromatic carbocycles. The molecule has 1 heteroatoms. The summed E-state index contributed by atoms with van der Waals surface area (Å²) >= 11 is 0. The van der Waals surface area contributed by atoms with Gasteiger partial charge < -0.3 is 0 Å². The van der Waals surface area contributed by atoms with E-state index in [4.69, 9.17) is 0 Å². The minimum Gasteiger partial charge on any atom is -0.298 e. The summed E-state index contributed by atoms with van der Waals surface area (Å²) < 4.78 is 0. The third-order valence-electron chi connectivity index (χ3n) is 3.57. The van der Waals surface area contributed by atoms with Gasteiger partial charge in [-0.15, -0.1) is 0 Å². The fourth-order valence-electron chi connectivity index (χ4n) is 2.63. The predicted octanol–water partition coefficient (Wildman–Crippen LogP) is 3.69. The second-order valence-electron chi connectivity index (χ2n) is 5.27. The quantitative estimate of drug-likeness (QED) is 0.664. The smallest absolute Gasteiger partial charge is 0.0100 e. The van der Waals surface area contributed by atoms with Crippen LogP contribution in [0.5, 0.6) is 0 Å². The highest BCUT2D eigenvalue weighted by atomic mass is 15.2. The molecule has 2 unspecified atom stereocenters. The summed E-state index contributed by atoms with van der Waals surface area (Å²) in [5, 5.41) is 0. The summed E-state index contributed by atoms with van der Waals surface area (Å²) in [4.78, 5) is 2.75. The van der Waals surface area contributed by atoms with Crippen LogP contribution in [-0.2, 0) is 0 Å². The van der Waals surface area contributed by atoms with Crippen LogP contribution in [0.3, 0.4) is 0 Å². The van der Waals surface area contributed by atoms with E-state index >= 15 is 0 Å². The number of rotatable bonds is 4. The lowest BCUT2D eigenvalue weighted by Crippen LogP contribution is -2.45. The van der Waals surface area contributed by atoms with Gasteiger partial charge in [0.15, 0.2) is 0 Å². The van der Waals surface area contributed by atoms with Crippen molar-refractivity contribution in [3.05, 3.63) is 0 Å². The lowest BCUT2D eigenvalue weighted by atomic mass is 9.92. The molecular formula is C13H27N. The molecule has 0 bridgehead atoms. The Morgan fingerprint density at radius 3 is 2.50 bits per heavy atom. The second-order valence-corrected chi connectivity index (χ2v) is 5.27. The van der Waals surface area contributed by atoms with Gasteiger partial charge in [-0.25, -0.2) is 0 Å². The molecule has 14 heavy (non-hydrogen) atoms. The Bertz CT molecular complexity index is 153. The van der Waals surface area contributed by atoms with Crippen molar-refractivity contribution in [1.82, 2.24) is 4.90 Å². The van der Waals surface area contributed by atoms with Gasteiger partial charge in [0.1, 0.15) is 0 Å². The minimum absolute atomic E-state index is 0.791. The maximum Gasteiger partial charge on any atom is 0.0100 e. The molecule has 2 atom stereocenters. The van der Waals surface area contributed by atoms with Crippen molar-refractivity contribution in [3.8, 4) is 0 Å². The molecule has 1 saturated heterocycles. The van der Waals surface area contributed by atoms with Crippen molar-refractivity contribution in [1.29, 1.82) is 0 Å². The number of likely N-dealkylation sites (tertiary alicyclic amines) is 1. The topological polar surface area (TPSA) is 3.24 Å². The van der Waals surface area contributed by atoms with E-state index in [2.05, 4.69) is 32.6 Å². The molecule has 0 radical (unpaired) electrons. The average molecular weight is 197 g/mol. The van der Waals surface area contributed by atoms with Crippen LogP contribution in [0.25, 0.3) is 0 Å². The highest BCUT2D eigenvalue weighted by Crippen LogP contribution is 2.25. The summed E-state index contributed by atoms with van der Waals surface area (Å²) in [6.45, 7) is 10.7. The predicted molar refractivity (Wildman–Crippen MR) is 63.6 cm³/mol. The monoisotopic (exact) mass is 197 g/mol. The molecule has 1 nitrogen and oxygen atoms in total. The van der Waals surface area contributed by atoms with E-state index in [1.54, 1.807) is 0 Å². The van der Waals surface area contributed by atoms with Gasteiger partial charge in [-0.2, -0.15) is 0 Å². The highest BCUT2D eigenvalue weighted by molar-refractivity contribution is 4.81. The van der Waals surface area contributed by atoms with E-state index in [-0.39, 0.29) is 0 Å². The zero-order valence-corrected chi connectivity index (χ0v) is 10.4. The lowest BCUT2D eigenvalue weighted by molar-refractivity contribution is 0.0866. The standard InChI is InChI=1S/C13H27N/c1-5-12(4)14-9-7-6-8-13(14)10-11(2)3/h11-13H,5-10H2,1-4H3. The van der Waals surface area contributed by atoms with Gasteiger partial charge in [-0.05, 0) is 45.1 Å². The molecular weight excluding hydrogens is 170 g/mol. The van der Waals surface area contributed by atoms with Gasteiger partial charge in [0.2, 0.25) is 0 Å². The van der Waals surface area contributed by atoms with Crippen molar-refractivity contribution in [2.24, 2.45) is 5.92 Å². The van der Waals surface area contributed by atoms with Crippen LogP contribution in [0.15, 0.2) is 0 Å². The van der Waals surface area contributed by atoms with E-state index < -0.39 is 0 Å². The van der Waals surface area contributed by atoms with Crippen molar-refractivity contribution >= 4 is 0 Å². The Hall–Kier alpha value is -0.0400. The number of nitrogens with zero attached hydrogens (tertiary/aromatic N) is 1. The van der Waals surface area contributed by atoms with Gasteiger partial charge in [-0.3, -0.25) is 4.90 Å². The van der Waals surface area contributed by atoms with E-state index in [9.17, 15) is 0 Å². The Morgan fingerprint density at radius 1 is 1.21 bits per heavy atom. The number of hydrogen-bond donors (Lipinski definition) is 0. The maximum atomic E-state index is 2.75. The van der Waals surface area contributed by atoms with Gasteiger partial charge in [0, 0.05) is 12.1 Å². The average Bonchev–Trinajstić information content (AvgIpc) is 2.16. The molecule has 0 spiro atoms. The first kappa shape index (κ1) is 12.0. The van der Waals surface area contributed by atoms with Crippen LogP contribution < -0.4 is 0 Å². The van der Waals surface area contributed by atoms with Gasteiger partial charge in [-0.1, -0.05) is 27.2 Å². The SMILES string of the molecule is CCC(C)N1CCCCC1CC(C)C. The summed E-state index contributed by atoms with van der Waals surface area (Å²) in [7, 11) is 0. The molecule has 0 aromatic rings. The molecule has 84 valence electrons. The van der Waals surface area contributed by atoms with E-state index in [1.807, 2.05) is 0 Å². The van der Waals surface area contributed by atoms with Gasteiger partial charge >= 0.3 is 0 Å². The molecule has 0 N–H and O–H groups in total. The summed E-state index contributed by atoms with van der Waals surface area (Å²) in [5.41, 5.74) is 0. The van der Waals surface area contributed by atoms with E-state index in [1.165, 1.54) is 38.6 Å². The van der Waals surface area contributed by atoms with Crippen LogP contribution in [0, 0.1) is 5.92 Å². The Morgan fingerprint density at radius 2 is 1.93 bits per heavy atom. The molecule has 0 saturated carbocycles. The molecule has 0 amide bonds. The van der Waals surface area contributed by atoms with Crippen molar-refractivity contribution in [2.45, 2.75) is 71.9 Å². The van der Waals surface area contributed by atoms with Gasteiger partial charge in [0.05, 0.1) is 0 Å². The fraction of sp³-hybridized carbons (Fsp3) is 1.00. The minimum atomic E-state index is 0.791. The molecule has 1 rings (SSSR count). The zero-order chi connectivity index (χ0) is 10.6. The highest BCUT2D eigenvalue weighted by Gasteiger charge is 2.25. The third-order valence-corrected chi connectivity index (χ3v) is 3.57. The zero-order valence-electron chi connectivity index (χ0n) is 10.4. The molecule has 1 aliphatic heterocycles. The first-order valence-corrected chi connectivity index (χ1v) is 6.40. The molecule has 0 aromatic heterocycles. The first-order chi connectivity index (χ1) is 6.65. The Balaban J connectivity index is 2.49. The molecule has 1 aliphatic rings.